The molecule has 7 heteroatoms. The number of hydrogen-bond donors (Lipinski definition) is 2. The maximum absolute atomic E-state index is 13.9. The summed E-state index contributed by atoms with van der Waals surface area (Å²) in [5.41, 5.74) is 3.43. The van der Waals surface area contributed by atoms with Crippen LogP contribution in [0.15, 0.2) is 66.7 Å². The van der Waals surface area contributed by atoms with Crippen LogP contribution in [0, 0.1) is 19.8 Å². The highest BCUT2D eigenvalue weighted by Gasteiger charge is 2.60. The van der Waals surface area contributed by atoms with E-state index in [0.717, 1.165) is 27.9 Å². The predicted octanol–water partition coefficient (Wildman–Crippen LogP) is 4.98. The van der Waals surface area contributed by atoms with E-state index in [2.05, 4.69) is 10.6 Å². The third-order valence-electron chi connectivity index (χ3n) is 7.23. The zero-order valence-electron chi connectivity index (χ0n) is 21.0. The van der Waals surface area contributed by atoms with E-state index < -0.39 is 17.7 Å². The molecule has 0 aliphatic carbocycles. The van der Waals surface area contributed by atoms with E-state index in [-0.39, 0.29) is 11.9 Å². The van der Waals surface area contributed by atoms with Gasteiger partial charge in [-0.1, -0.05) is 60.2 Å². The fourth-order valence-electron chi connectivity index (χ4n) is 5.37. The lowest BCUT2D eigenvalue weighted by Gasteiger charge is -2.54. The summed E-state index contributed by atoms with van der Waals surface area (Å²) >= 11 is 0. The number of rotatable bonds is 6. The number of hydrogen-bond acceptors (Lipinski definition) is 4. The van der Waals surface area contributed by atoms with Gasteiger partial charge in [0, 0.05) is 17.8 Å². The van der Waals surface area contributed by atoms with Crippen molar-refractivity contribution in [2.24, 2.45) is 5.92 Å². The van der Waals surface area contributed by atoms with Crippen LogP contribution in [0.4, 0.5) is 10.5 Å². The van der Waals surface area contributed by atoms with Gasteiger partial charge in [-0.3, -0.25) is 9.69 Å². The van der Waals surface area contributed by atoms with Crippen molar-refractivity contribution >= 4 is 17.6 Å². The van der Waals surface area contributed by atoms with Crippen molar-refractivity contribution in [3.8, 4) is 11.5 Å². The molecule has 2 heterocycles. The van der Waals surface area contributed by atoms with Gasteiger partial charge in [0.25, 0.3) is 0 Å². The second-order valence-corrected chi connectivity index (χ2v) is 9.64. The number of para-hydroxylation sites is 1. The molecular weight excluding hydrogens is 454 g/mol. The van der Waals surface area contributed by atoms with E-state index in [0.29, 0.717) is 24.5 Å². The Hall–Kier alpha value is -4.00. The third kappa shape index (κ3) is 4.04. The van der Waals surface area contributed by atoms with E-state index in [9.17, 15) is 9.59 Å². The van der Waals surface area contributed by atoms with Crippen molar-refractivity contribution < 1.29 is 19.1 Å². The van der Waals surface area contributed by atoms with Crippen LogP contribution in [0.5, 0.6) is 11.5 Å². The molecule has 1 saturated heterocycles. The molecule has 36 heavy (non-hydrogen) atoms. The monoisotopic (exact) mass is 485 g/mol. The fourth-order valence-corrected chi connectivity index (χ4v) is 5.37. The molecule has 2 aliphatic heterocycles. The molecule has 5 rings (SSSR count). The van der Waals surface area contributed by atoms with Crippen LogP contribution in [-0.2, 0) is 11.2 Å². The van der Waals surface area contributed by atoms with E-state index >= 15 is 0 Å². The number of nitrogens with one attached hydrogen (secondary N) is 2. The van der Waals surface area contributed by atoms with Gasteiger partial charge < -0.3 is 20.1 Å². The van der Waals surface area contributed by atoms with Gasteiger partial charge in [-0.15, -0.1) is 0 Å². The molecule has 0 unspecified atom stereocenters. The van der Waals surface area contributed by atoms with Gasteiger partial charge in [0.1, 0.15) is 5.92 Å². The lowest BCUT2D eigenvalue weighted by molar-refractivity contribution is -0.154. The summed E-state index contributed by atoms with van der Waals surface area (Å²) in [4.78, 5) is 28.9. The molecule has 0 spiro atoms. The highest BCUT2D eigenvalue weighted by molar-refractivity contribution is 5.96. The second kappa shape index (κ2) is 9.22. The van der Waals surface area contributed by atoms with Gasteiger partial charge >= 0.3 is 6.03 Å². The summed E-state index contributed by atoms with van der Waals surface area (Å²) in [6.07, 6.45) is 0.627. The first-order chi connectivity index (χ1) is 17.3. The maximum Gasteiger partial charge on any atom is 0.321 e. The van der Waals surface area contributed by atoms with Crippen molar-refractivity contribution in [2.45, 2.75) is 39.0 Å². The van der Waals surface area contributed by atoms with Gasteiger partial charge in [0.05, 0.1) is 13.2 Å². The standard InChI is InChI=1S/C29H31N3O4/c1-18-13-14-22(19(2)17-18)30-27(33)24-25-21-11-8-12-23(35-4)26(21)36-29(24,3)32(28(34)31-25)16-15-20-9-6-5-7-10-20/h5-14,17,24-25H,15-16H2,1-4H3,(H,30,33)(H,31,34)/t24-,25-,29-/m1/s1. The molecule has 2 aliphatic rings. The van der Waals surface area contributed by atoms with Crippen molar-refractivity contribution in [3.05, 3.63) is 89.0 Å². The Morgan fingerprint density at radius 2 is 1.89 bits per heavy atom. The van der Waals surface area contributed by atoms with Gasteiger partial charge in [0.15, 0.2) is 17.2 Å². The lowest BCUT2D eigenvalue weighted by atomic mass is 9.78. The Bertz CT molecular complexity index is 1310. The normalized spacial score (nSPS) is 22.2. The number of amides is 3. The Morgan fingerprint density at radius 3 is 2.61 bits per heavy atom. The first-order valence-electron chi connectivity index (χ1n) is 12.2. The fraction of sp³-hybridized carbons (Fsp3) is 0.310. The van der Waals surface area contributed by atoms with Crippen molar-refractivity contribution in [1.29, 1.82) is 0 Å². The Balaban J connectivity index is 1.54. The minimum atomic E-state index is -1.23. The smallest absolute Gasteiger partial charge is 0.321 e. The zero-order valence-corrected chi connectivity index (χ0v) is 21.0. The molecule has 2 N–H and O–H groups in total. The number of methoxy groups -OCH3 is 1. The molecule has 186 valence electrons. The number of carbonyl (C=O) groups is 2. The highest BCUT2D eigenvalue weighted by Crippen LogP contribution is 2.51. The van der Waals surface area contributed by atoms with Crippen LogP contribution >= 0.6 is 0 Å². The number of nitrogens with zero attached hydrogens (tertiary/aromatic N) is 1. The summed E-state index contributed by atoms with van der Waals surface area (Å²) in [6.45, 7) is 6.20. The molecule has 3 aromatic carbocycles. The average Bonchev–Trinajstić information content (AvgIpc) is 2.85. The molecule has 7 nitrogen and oxygen atoms in total. The number of urea groups is 1. The van der Waals surface area contributed by atoms with Crippen LogP contribution in [0.2, 0.25) is 0 Å². The third-order valence-corrected chi connectivity index (χ3v) is 7.23. The zero-order chi connectivity index (χ0) is 25.4. The van der Waals surface area contributed by atoms with Crippen LogP contribution in [0.1, 0.15) is 35.2 Å². The first-order valence-corrected chi connectivity index (χ1v) is 12.2. The molecule has 0 saturated carbocycles. The summed E-state index contributed by atoms with van der Waals surface area (Å²) < 4.78 is 12.2. The van der Waals surface area contributed by atoms with E-state index in [1.165, 1.54) is 0 Å². The Kier molecular flexibility index (Phi) is 6.08. The second-order valence-electron chi connectivity index (χ2n) is 9.64. The molecule has 1 fully saturated rings. The summed E-state index contributed by atoms with van der Waals surface area (Å²) in [6, 6.07) is 20.6. The Morgan fingerprint density at radius 1 is 1.11 bits per heavy atom. The van der Waals surface area contributed by atoms with Crippen molar-refractivity contribution in [1.82, 2.24) is 10.2 Å². The summed E-state index contributed by atoms with van der Waals surface area (Å²) in [5.74, 6) is 0.197. The van der Waals surface area contributed by atoms with Crippen LogP contribution in [-0.4, -0.2) is 36.2 Å². The molecule has 0 aromatic heterocycles. The highest BCUT2D eigenvalue weighted by atomic mass is 16.5. The number of benzene rings is 3. The predicted molar refractivity (Wildman–Crippen MR) is 138 cm³/mol. The number of carbonyl (C=O) groups excluding carboxylic acids is 2. The quantitative estimate of drug-likeness (QED) is 0.516. The molecular formula is C29H31N3O4. The molecule has 3 aromatic rings. The minimum absolute atomic E-state index is 0.215. The first kappa shape index (κ1) is 23.7. The molecule has 3 amide bonds. The number of anilines is 1. The molecule has 3 atom stereocenters. The van der Waals surface area contributed by atoms with E-state index in [1.54, 1.807) is 12.0 Å². The Labute approximate surface area is 211 Å². The lowest BCUT2D eigenvalue weighted by Crippen LogP contribution is -2.72. The topological polar surface area (TPSA) is 79.9 Å². The van der Waals surface area contributed by atoms with Crippen LogP contribution < -0.4 is 20.1 Å². The van der Waals surface area contributed by atoms with E-state index in [4.69, 9.17) is 9.47 Å². The van der Waals surface area contributed by atoms with Crippen molar-refractivity contribution in [3.63, 3.8) is 0 Å². The number of aryl methyl sites for hydroxylation is 2. The van der Waals surface area contributed by atoms with E-state index in [1.807, 2.05) is 87.5 Å². The number of ether oxygens (including phenoxy) is 2. The maximum atomic E-state index is 13.9. The summed E-state index contributed by atoms with van der Waals surface area (Å²) in [7, 11) is 1.59. The van der Waals surface area contributed by atoms with Crippen molar-refractivity contribution in [2.75, 3.05) is 19.0 Å². The van der Waals surface area contributed by atoms with Gasteiger partial charge in [-0.05, 0) is 50.5 Å². The van der Waals surface area contributed by atoms with Gasteiger partial charge in [-0.25, -0.2) is 4.79 Å². The van der Waals surface area contributed by atoms with Gasteiger partial charge in [0.2, 0.25) is 5.91 Å². The molecule has 0 radical (unpaired) electrons. The molecule has 2 bridgehead atoms. The minimum Gasteiger partial charge on any atom is -0.493 e. The largest absolute Gasteiger partial charge is 0.493 e. The number of fused-ring (bicyclic) bond motifs is 4. The van der Waals surface area contributed by atoms with Crippen LogP contribution in [0.25, 0.3) is 0 Å². The SMILES string of the molecule is COc1cccc2c1O[C@]1(C)[C@@H](C(=O)Nc3ccc(C)cc3C)[C@@H]2NC(=O)N1CCc1ccccc1. The van der Waals surface area contributed by atoms with Gasteiger partial charge in [-0.2, -0.15) is 0 Å². The summed E-state index contributed by atoms with van der Waals surface area (Å²) in [5, 5.41) is 6.20. The van der Waals surface area contributed by atoms with Crippen LogP contribution in [0.3, 0.4) is 0 Å². The average molecular weight is 486 g/mol.